The number of pyridine rings is 5. The lowest BCUT2D eigenvalue weighted by molar-refractivity contribution is -0.661. The predicted molar refractivity (Wildman–Crippen MR) is 498 cm³/mol. The SMILES string of the molecule is Cc1cc(C)c2nc(-c3ccc4c(c3C)-c3c(ccc[n+]3C)C(C)(C)C4(C)C)n(C)c2c1.Cc1cc(C)c2nc(-c3ccc4c5ccccc5c5ccc[n+](C)c5c4c3C)n(C)c2c1.Cc1cc(C)c2nc(-c3ccc4ccc5ccc[n+](C)c5c4c3C)n(C)c2c1.Cc1cc(C)c2nc(-c3ccc4cnc5ccc[n+](C)c5c4c3C)n(C)c2c1. The molecular weight excluding hydrogens is 1470 g/mol. The van der Waals surface area contributed by atoms with Gasteiger partial charge in [0, 0.05) is 103 Å². The molecule has 20 aromatic rings. The summed E-state index contributed by atoms with van der Waals surface area (Å²) in [6, 6.07) is 66.2. The Hall–Kier alpha value is -13.1. The summed E-state index contributed by atoms with van der Waals surface area (Å²) in [5, 5.41) is 12.7. The number of rotatable bonds is 4. The van der Waals surface area contributed by atoms with Crippen LogP contribution < -0.4 is 18.3 Å². The van der Waals surface area contributed by atoms with Gasteiger partial charge in [-0.25, -0.2) is 38.6 Å². The highest BCUT2D eigenvalue weighted by Gasteiger charge is 2.50. The Morgan fingerprint density at radius 3 is 1.18 bits per heavy atom. The molecule has 0 aliphatic heterocycles. The highest BCUT2D eigenvalue weighted by molar-refractivity contribution is 6.25. The normalized spacial score (nSPS) is 13.0. The van der Waals surface area contributed by atoms with Crippen LogP contribution in [0.2, 0.25) is 0 Å². The van der Waals surface area contributed by atoms with Crippen molar-refractivity contribution in [2.45, 2.75) is 122 Å². The fraction of sp³-hybridized carbons (Fsp3) is 0.243. The summed E-state index contributed by atoms with van der Waals surface area (Å²) in [5.74, 6) is 4.09. The van der Waals surface area contributed by atoms with Crippen molar-refractivity contribution in [3.05, 3.63) is 291 Å². The molecular formula is C107H107N13+4. The Balaban J connectivity index is 0.000000110. The van der Waals surface area contributed by atoms with Crippen LogP contribution >= 0.6 is 0 Å². The Labute approximate surface area is 702 Å². The lowest BCUT2D eigenvalue weighted by Gasteiger charge is -2.47. The minimum Gasteiger partial charge on any atom is -0.327 e. The zero-order valence-electron chi connectivity index (χ0n) is 74.0. The van der Waals surface area contributed by atoms with Crippen LogP contribution in [0, 0.1) is 83.1 Å². The van der Waals surface area contributed by atoms with Gasteiger partial charge in [-0.1, -0.05) is 131 Å². The van der Waals surface area contributed by atoms with Crippen LogP contribution in [-0.4, -0.2) is 43.2 Å². The van der Waals surface area contributed by atoms with E-state index in [0.717, 1.165) is 61.8 Å². The molecule has 596 valence electrons. The molecule has 0 amide bonds. The smallest absolute Gasteiger partial charge is 0.239 e. The van der Waals surface area contributed by atoms with Gasteiger partial charge in [0.2, 0.25) is 22.2 Å². The first-order valence-electron chi connectivity index (χ1n) is 41.9. The lowest BCUT2D eigenvalue weighted by Crippen LogP contribution is -2.48. The Bertz CT molecular complexity index is 7560. The third-order valence-electron chi connectivity index (χ3n) is 27.1. The molecule has 0 fully saturated rings. The van der Waals surface area contributed by atoms with Crippen LogP contribution in [0.1, 0.15) is 106 Å². The van der Waals surface area contributed by atoms with E-state index in [0.29, 0.717) is 0 Å². The van der Waals surface area contributed by atoms with Crippen molar-refractivity contribution in [3.63, 3.8) is 0 Å². The monoisotopic (exact) mass is 1570 g/mol. The minimum absolute atomic E-state index is 0.00697. The molecule has 13 nitrogen and oxygen atoms in total. The fourth-order valence-electron chi connectivity index (χ4n) is 20.2. The summed E-state index contributed by atoms with van der Waals surface area (Å²) in [6.45, 7) is 35.7. The second-order valence-electron chi connectivity index (χ2n) is 35.4. The van der Waals surface area contributed by atoms with Gasteiger partial charge in [0.25, 0.3) is 0 Å². The van der Waals surface area contributed by atoms with Gasteiger partial charge in [0.05, 0.1) is 71.2 Å². The molecule has 120 heavy (non-hydrogen) atoms. The first-order valence-corrected chi connectivity index (χ1v) is 41.9. The topological polar surface area (TPSA) is 99.7 Å². The second kappa shape index (κ2) is 28.9. The van der Waals surface area contributed by atoms with Gasteiger partial charge in [-0.05, 0) is 237 Å². The molecule has 13 heteroatoms. The maximum atomic E-state index is 5.13. The number of fused-ring (bicyclic) bond motifs is 19. The summed E-state index contributed by atoms with van der Waals surface area (Å²) in [5.41, 5.74) is 39.2. The molecule has 0 bridgehead atoms. The van der Waals surface area contributed by atoms with E-state index in [-0.39, 0.29) is 10.8 Å². The van der Waals surface area contributed by atoms with Crippen molar-refractivity contribution < 1.29 is 18.3 Å². The molecule has 21 rings (SSSR count). The molecule has 0 unspecified atom stereocenters. The summed E-state index contributed by atoms with van der Waals surface area (Å²) >= 11 is 0. The number of hydrogen-bond acceptors (Lipinski definition) is 5. The van der Waals surface area contributed by atoms with Gasteiger partial charge < -0.3 is 18.3 Å². The van der Waals surface area contributed by atoms with Crippen LogP contribution in [0.4, 0.5) is 0 Å². The molecule has 9 aromatic heterocycles. The van der Waals surface area contributed by atoms with E-state index in [1.807, 2.05) is 12.3 Å². The first kappa shape index (κ1) is 78.1. The molecule has 0 saturated carbocycles. The van der Waals surface area contributed by atoms with E-state index in [1.54, 1.807) is 0 Å². The average molecular weight is 1580 g/mol. The third-order valence-corrected chi connectivity index (χ3v) is 27.1. The highest BCUT2D eigenvalue weighted by atomic mass is 15.1. The van der Waals surface area contributed by atoms with Crippen LogP contribution in [0.3, 0.4) is 0 Å². The van der Waals surface area contributed by atoms with E-state index in [4.69, 9.17) is 19.9 Å². The van der Waals surface area contributed by atoms with Crippen molar-refractivity contribution in [2.75, 3.05) is 0 Å². The highest BCUT2D eigenvalue weighted by Crippen LogP contribution is 2.55. The van der Waals surface area contributed by atoms with E-state index < -0.39 is 0 Å². The molecule has 11 aromatic carbocycles. The molecule has 9 heterocycles. The number of aromatic nitrogens is 13. The Kier molecular flexibility index (Phi) is 18.8. The molecule has 0 radical (unpaired) electrons. The fourth-order valence-corrected chi connectivity index (χ4v) is 20.2. The minimum atomic E-state index is 0.00697. The van der Waals surface area contributed by atoms with Gasteiger partial charge in [-0.3, -0.25) is 0 Å². The van der Waals surface area contributed by atoms with Crippen molar-refractivity contribution in [1.29, 1.82) is 0 Å². The van der Waals surface area contributed by atoms with Gasteiger partial charge in [0.1, 0.15) is 57.0 Å². The van der Waals surface area contributed by atoms with Crippen molar-refractivity contribution >= 4 is 120 Å². The van der Waals surface area contributed by atoms with Crippen molar-refractivity contribution in [1.82, 2.24) is 43.2 Å². The molecule has 1 aliphatic carbocycles. The molecule has 0 atom stereocenters. The Morgan fingerprint density at radius 1 is 0.300 bits per heavy atom. The predicted octanol–water partition coefficient (Wildman–Crippen LogP) is 22.7. The third kappa shape index (κ3) is 12.2. The van der Waals surface area contributed by atoms with Crippen molar-refractivity contribution in [2.24, 2.45) is 56.4 Å². The summed E-state index contributed by atoms with van der Waals surface area (Å²) < 4.78 is 17.9. The molecule has 0 N–H and O–H groups in total. The van der Waals surface area contributed by atoms with Crippen LogP contribution in [0.5, 0.6) is 0 Å². The number of nitrogens with zero attached hydrogens (tertiary/aromatic N) is 13. The van der Waals surface area contributed by atoms with Crippen molar-refractivity contribution in [3.8, 4) is 56.8 Å². The maximum absolute atomic E-state index is 5.13. The lowest BCUT2D eigenvalue weighted by atomic mass is 9.55. The molecule has 0 saturated heterocycles. The van der Waals surface area contributed by atoms with Gasteiger partial charge in [-0.15, -0.1) is 0 Å². The zero-order chi connectivity index (χ0) is 84.5. The summed E-state index contributed by atoms with van der Waals surface area (Å²) in [6.07, 6.45) is 10.5. The van der Waals surface area contributed by atoms with Crippen LogP contribution in [-0.2, 0) is 67.2 Å². The van der Waals surface area contributed by atoms with E-state index >= 15 is 0 Å². The quantitative estimate of drug-likeness (QED) is 0.129. The van der Waals surface area contributed by atoms with Gasteiger partial charge in [-0.2, -0.15) is 4.57 Å². The second-order valence-corrected chi connectivity index (χ2v) is 35.4. The maximum Gasteiger partial charge on any atom is 0.239 e. The zero-order valence-corrected chi connectivity index (χ0v) is 74.0. The van der Waals surface area contributed by atoms with E-state index in [9.17, 15) is 0 Å². The van der Waals surface area contributed by atoms with Crippen LogP contribution in [0.15, 0.2) is 213 Å². The largest absolute Gasteiger partial charge is 0.327 e. The van der Waals surface area contributed by atoms with Gasteiger partial charge >= 0.3 is 0 Å². The summed E-state index contributed by atoms with van der Waals surface area (Å²) in [4.78, 5) is 25.0. The summed E-state index contributed by atoms with van der Waals surface area (Å²) in [7, 11) is 17.0. The van der Waals surface area contributed by atoms with Gasteiger partial charge in [0.15, 0.2) is 24.8 Å². The van der Waals surface area contributed by atoms with E-state index in [2.05, 4.69) is 409 Å². The Morgan fingerprint density at radius 2 is 0.667 bits per heavy atom. The number of aryl methyl sites for hydroxylation is 19. The number of imidazole rings is 4. The standard InChI is InChI=1S/C29H26N3.C29H34N3.C25H24N3.C24H23N4/c1-17-15-18(2)27-25(16-17)32(5)29(30-27)20-12-13-23-21-9-6-7-10-22(21)24-11-8-14-31(4)28(24)26(23)19(20)3;1-17-15-18(2)25-23(16-17)32(9)27(30-25)20-12-13-21-24(19(20)3)26-22(11-10-14-31(26)8)29(6,7)28(21,4)5;1-15-13-16(2)23-21(14-15)28(5)25(26-23)20-11-10-18-8-9-19-7-6-12-27(4)24(19)22(18)17(20)3;1-14-11-15(2)22-20(12-14)28(5)24(26-22)18-9-8-17-13-25-19-7-6-10-27(4)23(19)21(17)16(18)3/h6-16H,1-5H3;10-16H,1-9H3;6-14H,1-5H3;6-13H,1-5H3/q4*+1. The number of hydrogen-bond donors (Lipinski definition) is 0. The van der Waals surface area contributed by atoms with E-state index in [1.165, 1.54) is 193 Å². The number of benzene rings is 11. The molecule has 0 spiro atoms. The average Bonchev–Trinajstić information content (AvgIpc) is 0.799. The molecule has 1 aliphatic rings. The first-order chi connectivity index (χ1) is 57.3. The van der Waals surface area contributed by atoms with Crippen LogP contribution in [0.25, 0.3) is 177 Å².